The molecule has 1 heterocycles. The molecule has 12 heteroatoms. The maximum Gasteiger partial charge on any atom is 0.438 e. The van der Waals surface area contributed by atoms with Crippen molar-refractivity contribution in [2.24, 2.45) is 5.14 Å². The maximum absolute atomic E-state index is 13.2. The van der Waals surface area contributed by atoms with Gasteiger partial charge in [0.15, 0.2) is 0 Å². The third-order valence-electron chi connectivity index (χ3n) is 5.14. The zero-order valence-corrected chi connectivity index (χ0v) is 19.1. The highest BCUT2D eigenvalue weighted by Gasteiger charge is 2.43. The average Bonchev–Trinajstić information content (AvgIpc) is 2.66. The van der Waals surface area contributed by atoms with Gasteiger partial charge < -0.3 is 0 Å². The van der Waals surface area contributed by atoms with Crippen LogP contribution in [-0.4, -0.2) is 45.9 Å². The summed E-state index contributed by atoms with van der Waals surface area (Å²) < 4.78 is 50.9. The van der Waals surface area contributed by atoms with Gasteiger partial charge in [0.25, 0.3) is 10.0 Å². The zero-order valence-electron chi connectivity index (χ0n) is 17.5. The summed E-state index contributed by atoms with van der Waals surface area (Å²) in [6.07, 6.45) is 0. The Morgan fingerprint density at radius 1 is 0.967 bits per heavy atom. The van der Waals surface area contributed by atoms with Gasteiger partial charge in [0.2, 0.25) is 10.0 Å². The van der Waals surface area contributed by atoms with E-state index >= 15 is 0 Å². The quantitative estimate of drug-likeness (QED) is 0.625. The number of hydrogen-bond acceptors (Lipinski definition) is 7. The Morgan fingerprint density at radius 2 is 1.43 bits per heavy atom. The maximum atomic E-state index is 13.2. The summed E-state index contributed by atoms with van der Waals surface area (Å²) in [4.78, 5) is 20.8. The van der Waals surface area contributed by atoms with E-state index in [1.54, 1.807) is 27.7 Å². The number of amides is 2. The molecule has 0 bridgehead atoms. The van der Waals surface area contributed by atoms with Crippen molar-refractivity contribution in [3.05, 3.63) is 41.2 Å². The first-order valence-electron chi connectivity index (χ1n) is 9.18. The molecule has 0 unspecified atom stereocenters. The second-order valence-corrected chi connectivity index (χ2v) is 10.0. The van der Waals surface area contributed by atoms with Crippen LogP contribution in [0.1, 0.15) is 30.8 Å². The molecule has 164 valence electrons. The van der Waals surface area contributed by atoms with Crippen LogP contribution in [0.4, 0.5) is 10.7 Å². The number of hydrogen-bond donors (Lipinski definition) is 2. The van der Waals surface area contributed by atoms with E-state index in [4.69, 9.17) is 5.14 Å². The first kappa shape index (κ1) is 23.9. The number of carbonyl (C=O) groups excluding carboxylic acids is 1. The molecule has 2 rings (SSSR count). The molecule has 3 N–H and O–H groups in total. The third-order valence-corrected chi connectivity index (χ3v) is 7.62. The lowest BCUT2D eigenvalue weighted by atomic mass is 10.2. The highest BCUT2D eigenvalue weighted by Crippen LogP contribution is 2.24. The van der Waals surface area contributed by atoms with Crippen LogP contribution in [0.15, 0.2) is 34.1 Å². The van der Waals surface area contributed by atoms with Gasteiger partial charge in [-0.25, -0.2) is 26.8 Å². The van der Waals surface area contributed by atoms with Gasteiger partial charge >= 0.3 is 12.0 Å². The van der Waals surface area contributed by atoms with Gasteiger partial charge in [-0.2, -0.15) is 19.2 Å². The molecule has 0 fully saturated rings. The number of nitrogens with two attached hydrogens (primary N) is 1. The monoisotopic (exact) mass is 456 g/mol. The van der Waals surface area contributed by atoms with E-state index in [0.29, 0.717) is 11.4 Å². The fourth-order valence-corrected chi connectivity index (χ4v) is 5.39. The van der Waals surface area contributed by atoms with Crippen LogP contribution in [0.2, 0.25) is 0 Å². The van der Waals surface area contributed by atoms with E-state index in [1.165, 1.54) is 12.1 Å². The number of urea groups is 1. The average molecular weight is 457 g/mol. The van der Waals surface area contributed by atoms with Crippen molar-refractivity contribution in [3.8, 4) is 0 Å². The number of nitrogens with one attached hydrogen (secondary N) is 1. The van der Waals surface area contributed by atoms with Crippen LogP contribution in [0, 0.1) is 20.8 Å². The fourth-order valence-electron chi connectivity index (χ4n) is 2.99. The van der Waals surface area contributed by atoms with Gasteiger partial charge in [-0.15, -0.1) is 0 Å². The molecule has 10 nitrogen and oxygen atoms in total. The third kappa shape index (κ3) is 4.36. The van der Waals surface area contributed by atoms with E-state index < -0.39 is 40.4 Å². The van der Waals surface area contributed by atoms with Crippen molar-refractivity contribution < 1.29 is 21.6 Å². The SMILES string of the molecule is CC[N+](CC)(C(=O)NS(=O)(=O)c1ccccc1S(N)(=O)=O)c1nc(C)c(C)c(C)n1. The predicted octanol–water partition coefficient (Wildman–Crippen LogP) is 1.49. The highest BCUT2D eigenvalue weighted by atomic mass is 32.2. The largest absolute Gasteiger partial charge is 0.438 e. The predicted molar refractivity (Wildman–Crippen MR) is 113 cm³/mol. The molecule has 0 atom stereocenters. The molecule has 1 aromatic heterocycles. The number of carbonyl (C=O) groups is 1. The Morgan fingerprint density at radius 3 is 1.87 bits per heavy atom. The summed E-state index contributed by atoms with van der Waals surface area (Å²) in [5.74, 6) is 0.160. The summed E-state index contributed by atoms with van der Waals surface area (Å²) in [5, 5.41) is 5.13. The van der Waals surface area contributed by atoms with E-state index in [1.807, 2.05) is 11.6 Å². The molecule has 30 heavy (non-hydrogen) atoms. The molecule has 0 aliphatic rings. The number of sulfonamides is 2. The summed E-state index contributed by atoms with van der Waals surface area (Å²) in [6.45, 7) is 9.20. The lowest BCUT2D eigenvalue weighted by molar-refractivity contribution is 0.206. The van der Waals surface area contributed by atoms with Crippen LogP contribution in [0.25, 0.3) is 0 Å². The van der Waals surface area contributed by atoms with Crippen LogP contribution in [0.3, 0.4) is 0 Å². The molecule has 0 saturated carbocycles. The number of nitrogens with zero attached hydrogens (tertiary/aromatic N) is 3. The summed E-state index contributed by atoms with van der Waals surface area (Å²) >= 11 is 0. The van der Waals surface area contributed by atoms with Gasteiger partial charge in [0.05, 0.1) is 13.1 Å². The minimum Gasteiger partial charge on any atom is -0.225 e. The molecule has 0 spiro atoms. The second kappa shape index (κ2) is 8.38. The van der Waals surface area contributed by atoms with E-state index in [-0.39, 0.29) is 19.0 Å². The fraction of sp³-hybridized carbons (Fsp3) is 0.389. The van der Waals surface area contributed by atoms with Crippen molar-refractivity contribution in [3.63, 3.8) is 0 Å². The van der Waals surface area contributed by atoms with Crippen LogP contribution < -0.4 is 14.3 Å². The molecule has 0 radical (unpaired) electrons. The lowest BCUT2D eigenvalue weighted by Crippen LogP contribution is -2.60. The van der Waals surface area contributed by atoms with Gasteiger partial charge in [-0.05, 0) is 52.3 Å². The molecule has 2 aromatic rings. The minimum absolute atomic E-state index is 0.160. The Balaban J connectivity index is 2.58. The first-order chi connectivity index (χ1) is 13.8. The number of quaternary nitrogens is 1. The van der Waals surface area contributed by atoms with Gasteiger partial charge in [-0.3, -0.25) is 0 Å². The highest BCUT2D eigenvalue weighted by molar-refractivity contribution is 7.92. The van der Waals surface area contributed by atoms with Crippen molar-refractivity contribution in [1.29, 1.82) is 0 Å². The van der Waals surface area contributed by atoms with Crippen molar-refractivity contribution in [1.82, 2.24) is 19.2 Å². The van der Waals surface area contributed by atoms with Gasteiger partial charge in [0.1, 0.15) is 9.79 Å². The number of primary sulfonamides is 1. The summed E-state index contributed by atoms with van der Waals surface area (Å²) in [7, 11) is -8.87. The summed E-state index contributed by atoms with van der Waals surface area (Å²) in [5.41, 5.74) is 2.23. The standard InChI is InChI=1S/C18H25N5O5S2/c1-6-23(7-2,17-20-13(4)12(3)14(5)21-17)18(24)22-30(27,28)16-11-9-8-10-15(16)29(19,25)26/h8-11H,6-7H2,1-5H3,(H2-,19,22,24,25,26)/p+1. The Hall–Kier alpha value is -2.41. The van der Waals surface area contributed by atoms with Crippen LogP contribution in [0.5, 0.6) is 0 Å². The Bertz CT molecular complexity index is 1170. The first-order valence-corrected chi connectivity index (χ1v) is 12.2. The number of rotatable bonds is 6. The van der Waals surface area contributed by atoms with Crippen molar-refractivity contribution >= 4 is 32.0 Å². The number of aromatic nitrogens is 2. The van der Waals surface area contributed by atoms with E-state index in [0.717, 1.165) is 17.7 Å². The molecule has 2 amide bonds. The van der Waals surface area contributed by atoms with Crippen LogP contribution >= 0.6 is 0 Å². The molecule has 1 aromatic carbocycles. The molecular formula is C18H26N5O5S2+. The van der Waals surface area contributed by atoms with E-state index in [9.17, 15) is 21.6 Å². The van der Waals surface area contributed by atoms with E-state index in [2.05, 4.69) is 9.97 Å². The number of aryl methyl sites for hydroxylation is 2. The zero-order chi connectivity index (χ0) is 22.9. The molecule has 0 aliphatic carbocycles. The van der Waals surface area contributed by atoms with Gasteiger partial charge in [0, 0.05) is 11.4 Å². The Kier molecular flexibility index (Phi) is 6.66. The topological polar surface area (TPSA) is 149 Å². The molecule has 0 saturated heterocycles. The normalized spacial score (nSPS) is 12.6. The lowest BCUT2D eigenvalue weighted by Gasteiger charge is -2.30. The Labute approximate surface area is 176 Å². The van der Waals surface area contributed by atoms with Crippen molar-refractivity contribution in [2.75, 3.05) is 13.1 Å². The molecular weight excluding hydrogens is 430 g/mol. The smallest absolute Gasteiger partial charge is 0.225 e. The number of benzene rings is 1. The summed E-state index contributed by atoms with van der Waals surface area (Å²) in [6, 6.07) is 3.91. The second-order valence-electron chi connectivity index (χ2n) is 6.82. The van der Waals surface area contributed by atoms with Gasteiger partial charge in [-0.1, -0.05) is 12.1 Å². The molecule has 0 aliphatic heterocycles. The minimum atomic E-state index is -4.54. The van der Waals surface area contributed by atoms with Crippen molar-refractivity contribution in [2.45, 2.75) is 44.4 Å². The van der Waals surface area contributed by atoms with Crippen LogP contribution in [-0.2, 0) is 20.0 Å².